The zero-order valence-electron chi connectivity index (χ0n) is 17.6. The van der Waals surface area contributed by atoms with E-state index in [1.165, 1.54) is 50.5 Å². The minimum absolute atomic E-state index is 0.392. The summed E-state index contributed by atoms with van der Waals surface area (Å²) in [5.74, 6) is 1.96. The molecule has 1 saturated carbocycles. The minimum atomic E-state index is -0.392. The molecule has 1 heterocycles. The molecule has 0 saturated heterocycles. The highest BCUT2D eigenvalue weighted by Gasteiger charge is 2.21. The lowest BCUT2D eigenvalue weighted by molar-refractivity contribution is 0.249. The zero-order valence-corrected chi connectivity index (χ0v) is 17.6. The topological polar surface area (TPSA) is 25.8 Å². The van der Waals surface area contributed by atoms with Gasteiger partial charge in [-0.1, -0.05) is 89.5 Å². The van der Waals surface area contributed by atoms with Crippen LogP contribution in [0.15, 0.2) is 30.5 Å². The van der Waals surface area contributed by atoms with Crippen molar-refractivity contribution in [3.8, 4) is 11.1 Å². The number of benzene rings is 1. The monoisotopic (exact) mass is 382 g/mol. The summed E-state index contributed by atoms with van der Waals surface area (Å²) in [6.45, 7) is 4.44. The highest BCUT2D eigenvalue weighted by molar-refractivity contribution is 5.62. The molecule has 1 fully saturated rings. The van der Waals surface area contributed by atoms with Gasteiger partial charge in [-0.05, 0) is 35.8 Å². The van der Waals surface area contributed by atoms with Crippen LogP contribution in [0.5, 0.6) is 0 Å². The Morgan fingerprint density at radius 2 is 1.57 bits per heavy atom. The standard InChI is InChI=1S/C25H35FN2/c1-3-5-7-20-8-10-21(11-9-20)14-17-24-27-18-23(25(26)28-24)22-15-12-19(6-4-2)13-16-22/h12-13,15-16,18,20-21H,3-11,14,17H2,1-2H3. The lowest BCUT2D eigenvalue weighted by Crippen LogP contribution is -2.15. The van der Waals surface area contributed by atoms with Gasteiger partial charge in [-0.3, -0.25) is 0 Å². The van der Waals surface area contributed by atoms with Crippen LogP contribution in [0.25, 0.3) is 11.1 Å². The molecule has 1 aliphatic carbocycles. The van der Waals surface area contributed by atoms with Gasteiger partial charge < -0.3 is 0 Å². The van der Waals surface area contributed by atoms with Crippen molar-refractivity contribution in [2.75, 3.05) is 0 Å². The first-order chi connectivity index (χ1) is 13.7. The molecule has 0 atom stereocenters. The third-order valence-electron chi connectivity index (χ3n) is 6.30. The summed E-state index contributed by atoms with van der Waals surface area (Å²) < 4.78 is 14.6. The van der Waals surface area contributed by atoms with Gasteiger partial charge in [0.05, 0.1) is 5.56 Å². The summed E-state index contributed by atoms with van der Waals surface area (Å²) >= 11 is 0. The summed E-state index contributed by atoms with van der Waals surface area (Å²) in [4.78, 5) is 8.63. The Bertz CT molecular complexity index is 718. The van der Waals surface area contributed by atoms with Crippen molar-refractivity contribution < 1.29 is 4.39 Å². The second-order valence-electron chi connectivity index (χ2n) is 8.51. The fourth-order valence-corrected chi connectivity index (χ4v) is 4.48. The third-order valence-corrected chi connectivity index (χ3v) is 6.30. The molecule has 28 heavy (non-hydrogen) atoms. The van der Waals surface area contributed by atoms with Crippen LogP contribution >= 0.6 is 0 Å². The largest absolute Gasteiger partial charge is 0.241 e. The molecule has 2 aromatic rings. The van der Waals surface area contributed by atoms with Crippen molar-refractivity contribution in [2.45, 2.75) is 84.5 Å². The van der Waals surface area contributed by atoms with Crippen molar-refractivity contribution in [1.82, 2.24) is 9.97 Å². The van der Waals surface area contributed by atoms with Gasteiger partial charge in [0.15, 0.2) is 0 Å². The van der Waals surface area contributed by atoms with Gasteiger partial charge in [0.2, 0.25) is 5.95 Å². The lowest BCUT2D eigenvalue weighted by atomic mass is 9.78. The molecule has 2 nitrogen and oxygen atoms in total. The first-order valence-corrected chi connectivity index (χ1v) is 11.3. The number of hydrogen-bond donors (Lipinski definition) is 0. The van der Waals surface area contributed by atoms with E-state index in [1.807, 2.05) is 12.1 Å². The molecule has 1 aliphatic rings. The molecule has 1 aromatic carbocycles. The third kappa shape index (κ3) is 5.86. The molecule has 1 aromatic heterocycles. The molecule has 0 aliphatic heterocycles. The second kappa shape index (κ2) is 10.7. The number of aryl methyl sites for hydroxylation is 2. The van der Waals surface area contributed by atoms with Crippen LogP contribution in [-0.2, 0) is 12.8 Å². The van der Waals surface area contributed by atoms with Crippen LogP contribution in [-0.4, -0.2) is 9.97 Å². The van der Waals surface area contributed by atoms with Gasteiger partial charge in [0.1, 0.15) is 5.82 Å². The predicted octanol–water partition coefficient (Wildman–Crippen LogP) is 7.16. The van der Waals surface area contributed by atoms with Crippen LogP contribution < -0.4 is 0 Å². The number of unbranched alkanes of at least 4 members (excludes halogenated alkanes) is 1. The van der Waals surface area contributed by atoms with Crippen LogP contribution in [0.2, 0.25) is 0 Å². The summed E-state index contributed by atoms with van der Waals surface area (Å²) in [6, 6.07) is 8.10. The maximum absolute atomic E-state index is 14.6. The number of rotatable bonds is 9. The summed E-state index contributed by atoms with van der Waals surface area (Å²) in [5.41, 5.74) is 2.64. The highest BCUT2D eigenvalue weighted by atomic mass is 19.1. The Morgan fingerprint density at radius 3 is 2.18 bits per heavy atom. The maximum atomic E-state index is 14.6. The summed E-state index contributed by atoms with van der Waals surface area (Å²) in [5, 5.41) is 0. The van der Waals surface area contributed by atoms with Crippen LogP contribution in [0.1, 0.15) is 83.0 Å². The molecule has 3 heteroatoms. The summed E-state index contributed by atoms with van der Waals surface area (Å²) in [6.07, 6.45) is 15.2. The van der Waals surface area contributed by atoms with E-state index in [9.17, 15) is 4.39 Å². The number of aromatic nitrogens is 2. The van der Waals surface area contributed by atoms with Crippen molar-refractivity contribution in [2.24, 2.45) is 11.8 Å². The zero-order chi connectivity index (χ0) is 19.8. The van der Waals surface area contributed by atoms with E-state index >= 15 is 0 Å². The van der Waals surface area contributed by atoms with Gasteiger partial charge in [-0.2, -0.15) is 4.39 Å². The SMILES string of the molecule is CCCCC1CCC(CCc2ncc(-c3ccc(CCC)cc3)c(F)n2)CC1. The molecular formula is C25H35FN2. The normalized spacial score (nSPS) is 19.7. The van der Waals surface area contributed by atoms with Crippen LogP contribution in [0.4, 0.5) is 4.39 Å². The molecule has 3 rings (SSSR count). The van der Waals surface area contributed by atoms with Gasteiger partial charge in [0.25, 0.3) is 0 Å². The van der Waals surface area contributed by atoms with Crippen molar-refractivity contribution >= 4 is 0 Å². The van der Waals surface area contributed by atoms with Gasteiger partial charge >= 0.3 is 0 Å². The Labute approximate surface area is 170 Å². The van der Waals surface area contributed by atoms with E-state index in [-0.39, 0.29) is 0 Å². The molecule has 0 spiro atoms. The van der Waals surface area contributed by atoms with E-state index in [0.717, 1.165) is 43.1 Å². The first kappa shape index (κ1) is 21.0. The molecule has 0 amide bonds. The molecule has 152 valence electrons. The van der Waals surface area contributed by atoms with E-state index < -0.39 is 5.95 Å². The average molecular weight is 383 g/mol. The number of halogens is 1. The fourth-order valence-electron chi connectivity index (χ4n) is 4.48. The van der Waals surface area contributed by atoms with E-state index in [1.54, 1.807) is 6.20 Å². The highest BCUT2D eigenvalue weighted by Crippen LogP contribution is 2.34. The molecule has 0 bridgehead atoms. The fraction of sp³-hybridized carbons (Fsp3) is 0.600. The lowest BCUT2D eigenvalue weighted by Gasteiger charge is -2.28. The Balaban J connectivity index is 1.52. The Hall–Kier alpha value is -1.77. The molecule has 0 unspecified atom stereocenters. The van der Waals surface area contributed by atoms with Crippen molar-refractivity contribution in [1.29, 1.82) is 0 Å². The smallest absolute Gasteiger partial charge is 0.224 e. The van der Waals surface area contributed by atoms with Crippen LogP contribution in [0, 0.1) is 17.8 Å². The second-order valence-corrected chi connectivity index (χ2v) is 8.51. The Morgan fingerprint density at radius 1 is 0.893 bits per heavy atom. The van der Waals surface area contributed by atoms with Gasteiger partial charge in [-0.25, -0.2) is 9.97 Å². The number of nitrogens with zero attached hydrogens (tertiary/aromatic N) is 2. The van der Waals surface area contributed by atoms with Gasteiger partial charge in [0, 0.05) is 12.6 Å². The van der Waals surface area contributed by atoms with E-state index in [4.69, 9.17) is 0 Å². The number of hydrogen-bond acceptors (Lipinski definition) is 2. The predicted molar refractivity (Wildman–Crippen MR) is 115 cm³/mol. The summed E-state index contributed by atoms with van der Waals surface area (Å²) in [7, 11) is 0. The Kier molecular flexibility index (Phi) is 8.00. The average Bonchev–Trinajstić information content (AvgIpc) is 2.72. The van der Waals surface area contributed by atoms with E-state index in [2.05, 4.69) is 35.9 Å². The van der Waals surface area contributed by atoms with Crippen molar-refractivity contribution in [3.05, 3.63) is 47.8 Å². The minimum Gasteiger partial charge on any atom is -0.241 e. The molecule has 0 N–H and O–H groups in total. The first-order valence-electron chi connectivity index (χ1n) is 11.3. The van der Waals surface area contributed by atoms with Gasteiger partial charge in [-0.15, -0.1) is 0 Å². The quantitative estimate of drug-likeness (QED) is 0.430. The van der Waals surface area contributed by atoms with Crippen LogP contribution in [0.3, 0.4) is 0 Å². The van der Waals surface area contributed by atoms with Crippen molar-refractivity contribution in [3.63, 3.8) is 0 Å². The van der Waals surface area contributed by atoms with E-state index in [0.29, 0.717) is 11.4 Å². The maximum Gasteiger partial charge on any atom is 0.224 e. The molecule has 0 radical (unpaired) electrons. The molecular weight excluding hydrogens is 347 g/mol.